The number of rotatable bonds is 2. The van der Waals surface area contributed by atoms with Crippen molar-refractivity contribution in [1.82, 2.24) is 4.90 Å². The molecule has 1 heterocycles. The molecular formula is C12H17NO5. The lowest BCUT2D eigenvalue weighted by Gasteiger charge is -2.32. The van der Waals surface area contributed by atoms with E-state index >= 15 is 0 Å². The quantitative estimate of drug-likeness (QED) is 0.409. The van der Waals surface area contributed by atoms with Gasteiger partial charge < -0.3 is 9.64 Å². The smallest absolute Gasteiger partial charge is 0.410 e. The monoisotopic (exact) mass is 255 g/mol. The predicted octanol–water partition coefficient (Wildman–Crippen LogP) is 0.580. The van der Waals surface area contributed by atoms with E-state index in [1.807, 2.05) is 0 Å². The second kappa shape index (κ2) is 5.29. The molecule has 1 unspecified atom stereocenters. The van der Waals surface area contributed by atoms with Gasteiger partial charge in [-0.1, -0.05) is 0 Å². The maximum atomic E-state index is 11.8. The summed E-state index contributed by atoms with van der Waals surface area (Å²) in [5.41, 5.74) is -0.636. The van der Waals surface area contributed by atoms with Gasteiger partial charge in [0.1, 0.15) is 17.3 Å². The molecule has 0 spiro atoms. The van der Waals surface area contributed by atoms with Crippen molar-refractivity contribution in [1.29, 1.82) is 0 Å². The van der Waals surface area contributed by atoms with Gasteiger partial charge in [0.25, 0.3) is 0 Å². The minimum Gasteiger partial charge on any atom is -0.444 e. The number of piperidine rings is 1. The lowest BCUT2D eigenvalue weighted by Crippen LogP contribution is -2.48. The Morgan fingerprint density at radius 3 is 2.50 bits per heavy atom. The van der Waals surface area contributed by atoms with Crippen molar-refractivity contribution in [2.45, 2.75) is 32.8 Å². The van der Waals surface area contributed by atoms with Crippen LogP contribution in [0.25, 0.3) is 0 Å². The zero-order valence-electron chi connectivity index (χ0n) is 10.8. The highest BCUT2D eigenvalue weighted by atomic mass is 16.6. The van der Waals surface area contributed by atoms with Crippen LogP contribution in [-0.2, 0) is 19.1 Å². The number of carbonyl (C=O) groups excluding carboxylic acids is 4. The summed E-state index contributed by atoms with van der Waals surface area (Å²) in [6, 6.07) is 0. The maximum Gasteiger partial charge on any atom is 0.410 e. The topological polar surface area (TPSA) is 80.8 Å². The van der Waals surface area contributed by atoms with Gasteiger partial charge in [0.05, 0.1) is 0 Å². The number of Topliss-reactive ketones (excluding diaryl/α,β-unsaturated/α-hetero) is 2. The minimum atomic E-state index is -1.04. The van der Waals surface area contributed by atoms with E-state index in [9.17, 15) is 19.2 Å². The first-order valence-electron chi connectivity index (χ1n) is 5.74. The number of hydrogen-bond donors (Lipinski definition) is 0. The zero-order valence-corrected chi connectivity index (χ0v) is 10.8. The van der Waals surface area contributed by atoms with Crippen LogP contribution >= 0.6 is 0 Å². The fraction of sp³-hybridized carbons (Fsp3) is 0.667. The Morgan fingerprint density at radius 1 is 1.39 bits per heavy atom. The molecule has 0 bridgehead atoms. The highest BCUT2D eigenvalue weighted by molar-refractivity contribution is 6.31. The van der Waals surface area contributed by atoms with Gasteiger partial charge in [-0.3, -0.25) is 14.4 Å². The molecule has 6 heteroatoms. The Labute approximate surface area is 105 Å². The molecule has 1 amide bonds. The van der Waals surface area contributed by atoms with E-state index in [4.69, 9.17) is 4.74 Å². The normalized spacial score (nSPS) is 20.5. The van der Waals surface area contributed by atoms with Crippen molar-refractivity contribution in [2.24, 2.45) is 5.92 Å². The molecule has 1 aliphatic rings. The summed E-state index contributed by atoms with van der Waals surface area (Å²) in [5.74, 6) is -2.12. The molecule has 1 aliphatic heterocycles. The summed E-state index contributed by atoms with van der Waals surface area (Å²) in [7, 11) is 0. The molecule has 1 saturated heterocycles. The molecular weight excluding hydrogens is 238 g/mol. The molecule has 0 N–H and O–H groups in total. The van der Waals surface area contributed by atoms with Gasteiger partial charge in [0, 0.05) is 19.5 Å². The number of aldehydes is 1. The first kappa shape index (κ1) is 14.3. The highest BCUT2D eigenvalue weighted by Crippen LogP contribution is 2.17. The predicted molar refractivity (Wildman–Crippen MR) is 62.0 cm³/mol. The van der Waals surface area contributed by atoms with E-state index in [-0.39, 0.29) is 31.6 Å². The molecule has 0 saturated carbocycles. The lowest BCUT2D eigenvalue weighted by molar-refractivity contribution is -0.140. The van der Waals surface area contributed by atoms with Gasteiger partial charge in [0.2, 0.25) is 5.78 Å². The number of nitrogens with zero attached hydrogens (tertiary/aromatic N) is 1. The molecule has 0 aliphatic carbocycles. The Kier molecular flexibility index (Phi) is 4.21. The number of hydrogen-bond acceptors (Lipinski definition) is 5. The van der Waals surface area contributed by atoms with Gasteiger partial charge in [-0.05, 0) is 20.8 Å². The third-order valence-corrected chi connectivity index (χ3v) is 2.53. The minimum absolute atomic E-state index is 0.0729. The number of likely N-dealkylation sites (tertiary alicyclic amines) is 1. The number of ether oxygens (including phenoxy) is 1. The molecule has 18 heavy (non-hydrogen) atoms. The Balaban J connectivity index is 2.70. The average molecular weight is 255 g/mol. The van der Waals surface area contributed by atoms with Crippen LogP contribution in [0.4, 0.5) is 4.79 Å². The van der Waals surface area contributed by atoms with Crippen LogP contribution in [0.3, 0.4) is 0 Å². The number of ketones is 2. The number of carbonyl (C=O) groups is 4. The van der Waals surface area contributed by atoms with Crippen molar-refractivity contribution in [2.75, 3.05) is 13.1 Å². The van der Waals surface area contributed by atoms with Crippen LogP contribution in [0.2, 0.25) is 0 Å². The third kappa shape index (κ3) is 3.65. The zero-order chi connectivity index (χ0) is 13.9. The molecule has 6 nitrogen and oxygen atoms in total. The van der Waals surface area contributed by atoms with Crippen molar-refractivity contribution in [3.63, 3.8) is 0 Å². The summed E-state index contributed by atoms with van der Waals surface area (Å²) in [6.07, 6.45) is -0.372. The van der Waals surface area contributed by atoms with Crippen LogP contribution in [-0.4, -0.2) is 47.5 Å². The second-order valence-electron chi connectivity index (χ2n) is 5.22. The van der Waals surface area contributed by atoms with E-state index < -0.39 is 23.4 Å². The summed E-state index contributed by atoms with van der Waals surface area (Å²) in [4.78, 5) is 46.2. The molecule has 1 rings (SSSR count). The van der Waals surface area contributed by atoms with E-state index in [1.54, 1.807) is 20.8 Å². The number of amides is 1. The first-order chi connectivity index (χ1) is 8.24. The van der Waals surface area contributed by atoms with E-state index in [0.717, 1.165) is 0 Å². The molecule has 0 aromatic carbocycles. The molecule has 0 aromatic heterocycles. The molecule has 0 aromatic rings. The Morgan fingerprint density at radius 2 is 2.00 bits per heavy atom. The van der Waals surface area contributed by atoms with E-state index in [1.165, 1.54) is 4.90 Å². The van der Waals surface area contributed by atoms with Crippen molar-refractivity contribution >= 4 is 23.9 Å². The largest absolute Gasteiger partial charge is 0.444 e. The van der Waals surface area contributed by atoms with Crippen LogP contribution in [0, 0.1) is 5.92 Å². The summed E-state index contributed by atoms with van der Waals surface area (Å²) < 4.78 is 5.15. The summed E-state index contributed by atoms with van der Waals surface area (Å²) in [5, 5.41) is 0. The summed E-state index contributed by atoms with van der Waals surface area (Å²) >= 11 is 0. The molecule has 100 valence electrons. The molecule has 0 radical (unpaired) electrons. The van der Waals surface area contributed by atoms with Crippen LogP contribution < -0.4 is 0 Å². The second-order valence-corrected chi connectivity index (χ2v) is 5.22. The fourth-order valence-corrected chi connectivity index (χ4v) is 1.66. The SMILES string of the molecule is CC(C)(C)OC(=O)N1CCC(=O)C(C(=O)C=O)C1. The van der Waals surface area contributed by atoms with E-state index in [2.05, 4.69) is 0 Å². The van der Waals surface area contributed by atoms with Crippen LogP contribution in [0.5, 0.6) is 0 Å². The van der Waals surface area contributed by atoms with Crippen molar-refractivity contribution in [3.05, 3.63) is 0 Å². The van der Waals surface area contributed by atoms with Gasteiger partial charge in [-0.2, -0.15) is 0 Å². The lowest BCUT2D eigenvalue weighted by atomic mass is 9.93. The third-order valence-electron chi connectivity index (χ3n) is 2.53. The average Bonchev–Trinajstić information content (AvgIpc) is 2.26. The Bertz CT molecular complexity index is 382. The fourth-order valence-electron chi connectivity index (χ4n) is 1.66. The Hall–Kier alpha value is -1.72. The van der Waals surface area contributed by atoms with E-state index in [0.29, 0.717) is 0 Å². The van der Waals surface area contributed by atoms with Crippen LogP contribution in [0.1, 0.15) is 27.2 Å². The highest BCUT2D eigenvalue weighted by Gasteiger charge is 2.35. The van der Waals surface area contributed by atoms with Gasteiger partial charge >= 0.3 is 6.09 Å². The van der Waals surface area contributed by atoms with Crippen LogP contribution in [0.15, 0.2) is 0 Å². The van der Waals surface area contributed by atoms with Gasteiger partial charge in [0.15, 0.2) is 6.29 Å². The van der Waals surface area contributed by atoms with Gasteiger partial charge in [-0.15, -0.1) is 0 Å². The van der Waals surface area contributed by atoms with Crippen molar-refractivity contribution < 1.29 is 23.9 Å². The summed E-state index contributed by atoms with van der Waals surface area (Å²) in [6.45, 7) is 5.33. The maximum absolute atomic E-state index is 11.8. The first-order valence-corrected chi connectivity index (χ1v) is 5.74. The molecule has 1 fully saturated rings. The van der Waals surface area contributed by atoms with Crippen molar-refractivity contribution in [3.8, 4) is 0 Å². The standard InChI is InChI=1S/C12H17NO5/c1-12(2,3)18-11(17)13-5-4-9(15)8(6-13)10(16)7-14/h7-8H,4-6H2,1-3H3. The molecule has 1 atom stereocenters. The van der Waals surface area contributed by atoms with Gasteiger partial charge in [-0.25, -0.2) is 4.79 Å².